The number of nitrogens with zero attached hydrogens (tertiary/aromatic N) is 3. The number of hydrogen-bond donors (Lipinski definition) is 1. The summed E-state index contributed by atoms with van der Waals surface area (Å²) in [6.45, 7) is 2.47. The molecule has 4 aromatic rings. The van der Waals surface area contributed by atoms with Crippen molar-refractivity contribution in [2.75, 3.05) is 6.61 Å². The summed E-state index contributed by atoms with van der Waals surface area (Å²) in [6, 6.07) is 14.7. The zero-order valence-electron chi connectivity index (χ0n) is 14.5. The Hall–Kier alpha value is -3.13. The van der Waals surface area contributed by atoms with Crippen LogP contribution in [0.15, 0.2) is 63.0 Å². The molecular formula is C19H16N4O3S. The minimum Gasteiger partial charge on any atom is -0.493 e. The second kappa shape index (κ2) is 7.63. The number of H-pyrrole nitrogens is 1. The average Bonchev–Trinajstić information content (AvgIpc) is 3.16. The predicted octanol–water partition coefficient (Wildman–Crippen LogP) is 3.66. The Morgan fingerprint density at radius 1 is 1.11 bits per heavy atom. The standard InChI is InChI=1S/C19H16N4O3S/c1-2-25-15-10-6-4-8-13(15)18-22-23-19(26-18)27-11-16-20-14-9-5-3-7-12(14)17(24)21-16/h3-10H,2,11H2,1H3,(H,20,21,24). The van der Waals surface area contributed by atoms with E-state index in [1.165, 1.54) is 11.8 Å². The summed E-state index contributed by atoms with van der Waals surface area (Å²) in [5.74, 6) is 2.05. The minimum atomic E-state index is -0.159. The lowest BCUT2D eigenvalue weighted by Gasteiger charge is -2.06. The van der Waals surface area contributed by atoms with Crippen molar-refractivity contribution < 1.29 is 9.15 Å². The number of para-hydroxylation sites is 2. The van der Waals surface area contributed by atoms with Crippen molar-refractivity contribution in [1.29, 1.82) is 0 Å². The Kier molecular flexibility index (Phi) is 4.88. The Morgan fingerprint density at radius 2 is 1.93 bits per heavy atom. The molecule has 4 rings (SSSR count). The number of nitrogens with one attached hydrogen (secondary N) is 1. The molecule has 2 aromatic carbocycles. The van der Waals surface area contributed by atoms with Crippen molar-refractivity contribution in [2.45, 2.75) is 17.9 Å². The van der Waals surface area contributed by atoms with E-state index in [1.54, 1.807) is 6.07 Å². The highest BCUT2D eigenvalue weighted by atomic mass is 32.2. The Morgan fingerprint density at radius 3 is 2.81 bits per heavy atom. The molecule has 0 aliphatic rings. The lowest BCUT2D eigenvalue weighted by atomic mass is 10.2. The molecule has 0 saturated carbocycles. The fourth-order valence-corrected chi connectivity index (χ4v) is 3.27. The molecule has 2 aromatic heterocycles. The highest BCUT2D eigenvalue weighted by Gasteiger charge is 2.14. The first-order chi connectivity index (χ1) is 13.2. The van der Waals surface area contributed by atoms with Gasteiger partial charge in [0.05, 0.1) is 28.8 Å². The van der Waals surface area contributed by atoms with Gasteiger partial charge in [0.2, 0.25) is 0 Å². The van der Waals surface area contributed by atoms with Gasteiger partial charge in [-0.3, -0.25) is 4.79 Å². The first kappa shape index (κ1) is 17.3. The number of hydrogen-bond acceptors (Lipinski definition) is 7. The molecule has 0 spiro atoms. The molecular weight excluding hydrogens is 364 g/mol. The fraction of sp³-hybridized carbons (Fsp3) is 0.158. The van der Waals surface area contributed by atoms with Crippen LogP contribution in [0.5, 0.6) is 5.75 Å². The highest BCUT2D eigenvalue weighted by Crippen LogP contribution is 2.31. The zero-order chi connectivity index (χ0) is 18.6. The van der Waals surface area contributed by atoms with Gasteiger partial charge in [0.15, 0.2) is 0 Å². The maximum absolute atomic E-state index is 12.1. The molecule has 0 aliphatic carbocycles. The number of aromatic amines is 1. The van der Waals surface area contributed by atoms with E-state index in [1.807, 2.05) is 49.4 Å². The van der Waals surface area contributed by atoms with Gasteiger partial charge in [-0.2, -0.15) is 0 Å². The van der Waals surface area contributed by atoms with Crippen molar-refractivity contribution in [3.63, 3.8) is 0 Å². The number of fused-ring (bicyclic) bond motifs is 1. The van der Waals surface area contributed by atoms with E-state index in [4.69, 9.17) is 9.15 Å². The predicted molar refractivity (Wildman–Crippen MR) is 103 cm³/mol. The van der Waals surface area contributed by atoms with Gasteiger partial charge >= 0.3 is 0 Å². The van der Waals surface area contributed by atoms with Gasteiger partial charge in [-0.25, -0.2) is 4.98 Å². The maximum atomic E-state index is 12.1. The first-order valence-corrected chi connectivity index (χ1v) is 9.39. The van der Waals surface area contributed by atoms with Crippen LogP contribution in [-0.2, 0) is 5.75 Å². The molecule has 27 heavy (non-hydrogen) atoms. The quantitative estimate of drug-likeness (QED) is 0.510. The summed E-state index contributed by atoms with van der Waals surface area (Å²) in [5.41, 5.74) is 1.25. The van der Waals surface area contributed by atoms with Crippen LogP contribution < -0.4 is 10.3 Å². The van der Waals surface area contributed by atoms with E-state index < -0.39 is 0 Å². The molecule has 2 heterocycles. The second-order valence-electron chi connectivity index (χ2n) is 5.62. The van der Waals surface area contributed by atoms with E-state index in [2.05, 4.69) is 20.2 Å². The van der Waals surface area contributed by atoms with E-state index in [9.17, 15) is 4.79 Å². The SMILES string of the molecule is CCOc1ccccc1-c1nnc(SCc2nc3ccccc3c(=O)[nH]2)o1. The third-order valence-electron chi connectivity index (χ3n) is 3.82. The average molecular weight is 380 g/mol. The number of benzene rings is 2. The summed E-state index contributed by atoms with van der Waals surface area (Å²) in [6.07, 6.45) is 0. The maximum Gasteiger partial charge on any atom is 0.277 e. The highest BCUT2D eigenvalue weighted by molar-refractivity contribution is 7.98. The molecule has 0 saturated heterocycles. The third kappa shape index (κ3) is 3.70. The number of aromatic nitrogens is 4. The van der Waals surface area contributed by atoms with E-state index >= 15 is 0 Å². The summed E-state index contributed by atoms with van der Waals surface area (Å²) in [7, 11) is 0. The Bertz CT molecular complexity index is 1140. The summed E-state index contributed by atoms with van der Waals surface area (Å²) >= 11 is 1.31. The molecule has 0 aliphatic heterocycles. The largest absolute Gasteiger partial charge is 0.493 e. The first-order valence-electron chi connectivity index (χ1n) is 8.41. The van der Waals surface area contributed by atoms with E-state index in [0.29, 0.717) is 46.0 Å². The van der Waals surface area contributed by atoms with E-state index in [-0.39, 0.29) is 5.56 Å². The van der Waals surface area contributed by atoms with Gasteiger partial charge < -0.3 is 14.1 Å². The van der Waals surface area contributed by atoms with Crippen molar-refractivity contribution in [1.82, 2.24) is 20.2 Å². The van der Waals surface area contributed by atoms with Crippen LogP contribution in [0.1, 0.15) is 12.7 Å². The molecule has 136 valence electrons. The van der Waals surface area contributed by atoms with E-state index in [0.717, 1.165) is 5.56 Å². The van der Waals surface area contributed by atoms with Crippen LogP contribution in [0.3, 0.4) is 0 Å². The lowest BCUT2D eigenvalue weighted by molar-refractivity contribution is 0.340. The van der Waals surface area contributed by atoms with Gasteiger partial charge in [0, 0.05) is 0 Å². The van der Waals surface area contributed by atoms with Crippen LogP contribution in [0.2, 0.25) is 0 Å². The van der Waals surface area contributed by atoms with Crippen LogP contribution in [0, 0.1) is 0 Å². The number of thioether (sulfide) groups is 1. The summed E-state index contributed by atoms with van der Waals surface area (Å²) in [5, 5.41) is 9.13. The smallest absolute Gasteiger partial charge is 0.277 e. The van der Waals surface area contributed by atoms with Crippen molar-refractivity contribution in [3.05, 3.63) is 64.7 Å². The molecule has 7 nitrogen and oxygen atoms in total. The topological polar surface area (TPSA) is 93.9 Å². The molecule has 0 unspecified atom stereocenters. The van der Waals surface area contributed by atoms with Crippen LogP contribution in [0.4, 0.5) is 0 Å². The molecule has 8 heteroatoms. The zero-order valence-corrected chi connectivity index (χ0v) is 15.3. The van der Waals surface area contributed by atoms with Crippen LogP contribution >= 0.6 is 11.8 Å². The third-order valence-corrected chi connectivity index (χ3v) is 4.65. The number of rotatable bonds is 6. The lowest BCUT2D eigenvalue weighted by Crippen LogP contribution is -2.11. The summed E-state index contributed by atoms with van der Waals surface area (Å²) < 4.78 is 11.3. The molecule has 0 bridgehead atoms. The molecule has 1 N–H and O–H groups in total. The Balaban J connectivity index is 1.53. The minimum absolute atomic E-state index is 0.159. The number of ether oxygens (including phenoxy) is 1. The Labute approximate surface area is 158 Å². The normalized spacial score (nSPS) is 11.0. The van der Waals surface area contributed by atoms with Crippen LogP contribution in [-0.4, -0.2) is 26.8 Å². The van der Waals surface area contributed by atoms with Gasteiger partial charge in [0.1, 0.15) is 11.6 Å². The molecule has 0 fully saturated rings. The van der Waals surface area contributed by atoms with Gasteiger partial charge in [0.25, 0.3) is 16.7 Å². The van der Waals surface area contributed by atoms with Gasteiger partial charge in [-0.15, -0.1) is 10.2 Å². The van der Waals surface area contributed by atoms with Gasteiger partial charge in [-0.05, 0) is 31.2 Å². The fourth-order valence-electron chi connectivity index (χ4n) is 2.63. The van der Waals surface area contributed by atoms with Crippen molar-refractivity contribution >= 4 is 22.7 Å². The van der Waals surface area contributed by atoms with Crippen molar-refractivity contribution in [2.24, 2.45) is 0 Å². The van der Waals surface area contributed by atoms with Gasteiger partial charge in [-0.1, -0.05) is 36.0 Å². The van der Waals surface area contributed by atoms with Crippen molar-refractivity contribution in [3.8, 4) is 17.2 Å². The molecule has 0 radical (unpaired) electrons. The summed E-state index contributed by atoms with van der Waals surface area (Å²) in [4.78, 5) is 19.4. The van der Waals surface area contributed by atoms with Crippen LogP contribution in [0.25, 0.3) is 22.4 Å². The molecule has 0 amide bonds. The molecule has 0 atom stereocenters. The second-order valence-corrected chi connectivity index (χ2v) is 6.55. The monoisotopic (exact) mass is 380 g/mol.